The van der Waals surface area contributed by atoms with E-state index in [0.29, 0.717) is 23.4 Å². The number of aromatic nitrogens is 6. The number of aryl methyl sites for hydroxylation is 4. The zero-order valence-electron chi connectivity index (χ0n) is 17.7. The number of halogens is 3. The molecule has 0 radical (unpaired) electrons. The molecule has 0 aromatic carbocycles. The third-order valence-electron chi connectivity index (χ3n) is 5.28. The van der Waals surface area contributed by atoms with Gasteiger partial charge < -0.3 is 5.32 Å². The van der Waals surface area contributed by atoms with Crippen LogP contribution in [-0.2, 0) is 24.4 Å². The summed E-state index contributed by atoms with van der Waals surface area (Å²) >= 11 is 0. The molecular formula is C19H24F3N7O. The first-order chi connectivity index (χ1) is 13.9. The van der Waals surface area contributed by atoms with Crippen molar-refractivity contribution in [2.45, 2.75) is 59.7 Å². The van der Waals surface area contributed by atoms with Gasteiger partial charge in [0.05, 0.1) is 11.7 Å². The molecule has 0 saturated carbocycles. The second kappa shape index (κ2) is 7.69. The smallest absolute Gasteiger partial charge is 0.349 e. The lowest BCUT2D eigenvalue weighted by Gasteiger charge is -2.15. The number of fused-ring (bicyclic) bond motifs is 1. The Kier molecular flexibility index (Phi) is 5.57. The Labute approximate surface area is 171 Å². The van der Waals surface area contributed by atoms with Crippen molar-refractivity contribution in [3.63, 3.8) is 0 Å². The average molecular weight is 423 g/mol. The molecule has 3 aromatic heterocycles. The zero-order chi connectivity index (χ0) is 22.4. The second-order valence-corrected chi connectivity index (χ2v) is 7.40. The minimum Gasteiger partial charge on any atom is -0.349 e. The normalized spacial score (nSPS) is 13.1. The molecule has 3 rings (SSSR count). The summed E-state index contributed by atoms with van der Waals surface area (Å²) in [4.78, 5) is 20.1. The van der Waals surface area contributed by atoms with Crippen LogP contribution in [0.4, 0.5) is 13.2 Å². The van der Waals surface area contributed by atoms with E-state index >= 15 is 0 Å². The van der Waals surface area contributed by atoms with Gasteiger partial charge in [0.25, 0.3) is 11.6 Å². The minimum absolute atomic E-state index is 0.110. The molecule has 162 valence electrons. The molecule has 0 aliphatic heterocycles. The summed E-state index contributed by atoms with van der Waals surface area (Å²) in [6.07, 6.45) is -4.16. The zero-order valence-corrected chi connectivity index (χ0v) is 17.7. The molecule has 11 heteroatoms. The van der Waals surface area contributed by atoms with Gasteiger partial charge in [-0.1, -0.05) is 0 Å². The number of rotatable bonds is 5. The number of nitrogens with zero attached hydrogens (tertiary/aromatic N) is 6. The van der Waals surface area contributed by atoms with Crippen LogP contribution in [0.1, 0.15) is 59.1 Å². The largest absolute Gasteiger partial charge is 0.453 e. The first-order valence-electron chi connectivity index (χ1n) is 9.49. The van der Waals surface area contributed by atoms with E-state index in [1.165, 1.54) is 0 Å². The molecule has 0 fully saturated rings. The average Bonchev–Trinajstić information content (AvgIpc) is 3.15. The van der Waals surface area contributed by atoms with Gasteiger partial charge in [-0.05, 0) is 46.6 Å². The van der Waals surface area contributed by atoms with Gasteiger partial charge in [-0.25, -0.2) is 9.50 Å². The molecule has 1 N–H and O–H groups in total. The SMILES string of the molecule is Cc1nc2nc(C(F)(F)F)nn2c(C)c1CCC(=O)NC(C)c1c(C)nn(C)c1C. The lowest BCUT2D eigenvalue weighted by Crippen LogP contribution is -2.27. The number of alkyl halides is 3. The predicted molar refractivity (Wildman–Crippen MR) is 103 cm³/mol. The van der Waals surface area contributed by atoms with Crippen LogP contribution in [0.25, 0.3) is 5.78 Å². The number of hydrogen-bond donors (Lipinski definition) is 1. The fourth-order valence-electron chi connectivity index (χ4n) is 3.73. The van der Waals surface area contributed by atoms with E-state index in [1.807, 2.05) is 27.8 Å². The van der Waals surface area contributed by atoms with E-state index in [4.69, 9.17) is 0 Å². The molecule has 1 unspecified atom stereocenters. The van der Waals surface area contributed by atoms with Crippen molar-refractivity contribution < 1.29 is 18.0 Å². The molecule has 0 aliphatic carbocycles. The number of amides is 1. The number of carbonyl (C=O) groups is 1. The minimum atomic E-state index is -4.65. The highest BCUT2D eigenvalue weighted by Gasteiger charge is 2.37. The molecule has 0 aliphatic rings. The molecule has 8 nitrogen and oxygen atoms in total. The fraction of sp³-hybridized carbons (Fsp3) is 0.526. The van der Waals surface area contributed by atoms with Crippen molar-refractivity contribution in [1.29, 1.82) is 0 Å². The van der Waals surface area contributed by atoms with Gasteiger partial charge in [0.15, 0.2) is 0 Å². The summed E-state index contributed by atoms with van der Waals surface area (Å²) in [5, 5.41) is 10.9. The molecule has 0 saturated heterocycles. The van der Waals surface area contributed by atoms with Gasteiger partial charge in [0.2, 0.25) is 5.91 Å². The van der Waals surface area contributed by atoms with E-state index in [1.54, 1.807) is 18.5 Å². The summed E-state index contributed by atoms with van der Waals surface area (Å²) in [5.74, 6) is -1.51. The Hall–Kier alpha value is -2.98. The van der Waals surface area contributed by atoms with E-state index in [9.17, 15) is 18.0 Å². The van der Waals surface area contributed by atoms with E-state index in [0.717, 1.165) is 21.5 Å². The van der Waals surface area contributed by atoms with Crippen molar-refractivity contribution in [2.24, 2.45) is 7.05 Å². The highest BCUT2D eigenvalue weighted by Crippen LogP contribution is 2.27. The van der Waals surface area contributed by atoms with Crippen LogP contribution >= 0.6 is 0 Å². The first-order valence-corrected chi connectivity index (χ1v) is 9.49. The van der Waals surface area contributed by atoms with Gasteiger partial charge in [0, 0.05) is 36.1 Å². The lowest BCUT2D eigenvalue weighted by atomic mass is 10.0. The topological polar surface area (TPSA) is 90.0 Å². The van der Waals surface area contributed by atoms with Crippen LogP contribution in [0.3, 0.4) is 0 Å². The van der Waals surface area contributed by atoms with Gasteiger partial charge in [-0.15, -0.1) is 5.10 Å². The van der Waals surface area contributed by atoms with Crippen LogP contribution in [0, 0.1) is 27.7 Å². The first kappa shape index (κ1) is 21.7. The maximum atomic E-state index is 12.9. The Morgan fingerprint density at radius 3 is 2.30 bits per heavy atom. The molecule has 30 heavy (non-hydrogen) atoms. The van der Waals surface area contributed by atoms with Gasteiger partial charge in [-0.3, -0.25) is 9.48 Å². The van der Waals surface area contributed by atoms with Crippen molar-refractivity contribution in [3.8, 4) is 0 Å². The van der Waals surface area contributed by atoms with Crippen LogP contribution in [0.5, 0.6) is 0 Å². The molecule has 1 atom stereocenters. The van der Waals surface area contributed by atoms with E-state index in [2.05, 4.69) is 25.5 Å². The fourth-order valence-corrected chi connectivity index (χ4v) is 3.73. The third kappa shape index (κ3) is 4.01. The van der Waals surface area contributed by atoms with Gasteiger partial charge in [0.1, 0.15) is 0 Å². The standard InChI is InChI=1S/C19H24F3N7O/c1-9-14(12(4)29-18(24-9)25-17(27-29)19(20,21)22)7-8-15(30)23-10(2)16-11(3)26-28(6)13(16)5/h10H,7-8H2,1-6H3,(H,23,30). The van der Waals surface area contributed by atoms with Crippen molar-refractivity contribution >= 4 is 11.7 Å². The van der Waals surface area contributed by atoms with Crippen molar-refractivity contribution in [2.75, 3.05) is 0 Å². The van der Waals surface area contributed by atoms with Crippen LogP contribution in [-0.4, -0.2) is 35.3 Å². The molecule has 0 spiro atoms. The highest BCUT2D eigenvalue weighted by atomic mass is 19.4. The number of carbonyl (C=O) groups excluding carboxylic acids is 1. The Morgan fingerprint density at radius 1 is 1.07 bits per heavy atom. The van der Waals surface area contributed by atoms with Crippen LogP contribution in [0.2, 0.25) is 0 Å². The third-order valence-corrected chi connectivity index (χ3v) is 5.28. The van der Waals surface area contributed by atoms with Crippen LogP contribution in [0.15, 0.2) is 0 Å². The van der Waals surface area contributed by atoms with Gasteiger partial charge >= 0.3 is 6.18 Å². The van der Waals surface area contributed by atoms with Crippen molar-refractivity contribution in [1.82, 2.24) is 34.7 Å². The summed E-state index contributed by atoms with van der Waals surface area (Å²) in [7, 11) is 1.85. The summed E-state index contributed by atoms with van der Waals surface area (Å²) < 4.78 is 41.6. The number of hydrogen-bond acceptors (Lipinski definition) is 5. The molecule has 0 bridgehead atoms. The van der Waals surface area contributed by atoms with Gasteiger partial charge in [-0.2, -0.15) is 23.3 Å². The highest BCUT2D eigenvalue weighted by molar-refractivity contribution is 5.76. The Morgan fingerprint density at radius 2 is 1.73 bits per heavy atom. The summed E-state index contributed by atoms with van der Waals surface area (Å²) in [6, 6.07) is -0.210. The van der Waals surface area contributed by atoms with Crippen LogP contribution < -0.4 is 5.32 Å². The maximum Gasteiger partial charge on any atom is 0.453 e. The number of nitrogens with one attached hydrogen (secondary N) is 1. The monoisotopic (exact) mass is 423 g/mol. The lowest BCUT2D eigenvalue weighted by molar-refractivity contribution is -0.144. The Balaban J connectivity index is 1.75. The molecule has 1 amide bonds. The summed E-state index contributed by atoms with van der Waals surface area (Å²) in [6.45, 7) is 9.07. The Bertz CT molecular complexity index is 1110. The van der Waals surface area contributed by atoms with E-state index < -0.39 is 12.0 Å². The molecular weight excluding hydrogens is 399 g/mol. The van der Waals surface area contributed by atoms with Crippen molar-refractivity contribution in [3.05, 3.63) is 39.7 Å². The summed E-state index contributed by atoms with van der Waals surface area (Å²) in [5.41, 5.74) is 4.51. The maximum absolute atomic E-state index is 12.9. The second-order valence-electron chi connectivity index (χ2n) is 7.40. The molecule has 3 heterocycles. The predicted octanol–water partition coefficient (Wildman–Crippen LogP) is 2.92. The molecule has 3 aromatic rings. The van der Waals surface area contributed by atoms with E-state index in [-0.39, 0.29) is 24.1 Å². The quantitative estimate of drug-likeness (QED) is 0.682.